The summed E-state index contributed by atoms with van der Waals surface area (Å²) < 4.78 is 27.0. The molecule has 9 heteroatoms. The van der Waals surface area contributed by atoms with Gasteiger partial charge in [-0.1, -0.05) is 23.5 Å². The van der Waals surface area contributed by atoms with Crippen molar-refractivity contribution in [3.05, 3.63) is 52.5 Å². The molecular weight excluding hydrogens is 426 g/mol. The molecule has 0 fully saturated rings. The molecule has 0 radical (unpaired) electrons. The predicted octanol–water partition coefficient (Wildman–Crippen LogP) is 3.56. The van der Waals surface area contributed by atoms with Crippen LogP contribution in [0.4, 0.5) is 5.13 Å². The smallest absolute Gasteiger partial charge is 0.258 e. The molecular formula is C16H14BrN3O3S2. The predicted molar refractivity (Wildman–Crippen MR) is 103 cm³/mol. The summed E-state index contributed by atoms with van der Waals surface area (Å²) in [7, 11) is -0.549. The molecule has 1 heterocycles. The fourth-order valence-electron chi connectivity index (χ4n) is 2.14. The van der Waals surface area contributed by atoms with Crippen molar-refractivity contribution < 1.29 is 13.2 Å². The summed E-state index contributed by atoms with van der Waals surface area (Å²) in [6, 6.07) is 11.8. The summed E-state index contributed by atoms with van der Waals surface area (Å²) in [5.41, 5.74) is 1.13. The number of carbonyl (C=O) groups excluding carboxylic acids is 1. The van der Waals surface area contributed by atoms with E-state index in [4.69, 9.17) is 0 Å². The molecule has 0 aliphatic rings. The molecule has 2 aromatic carbocycles. The van der Waals surface area contributed by atoms with Crippen LogP contribution in [0, 0.1) is 0 Å². The molecule has 3 rings (SSSR count). The first-order chi connectivity index (χ1) is 11.8. The summed E-state index contributed by atoms with van der Waals surface area (Å²) in [6.45, 7) is 0. The second-order valence-corrected chi connectivity index (χ2v) is 9.41. The normalized spacial score (nSPS) is 11.8. The second-order valence-electron chi connectivity index (χ2n) is 5.37. The van der Waals surface area contributed by atoms with Crippen LogP contribution in [0.15, 0.2) is 51.8 Å². The van der Waals surface area contributed by atoms with E-state index >= 15 is 0 Å². The zero-order chi connectivity index (χ0) is 18.2. The Morgan fingerprint density at radius 3 is 2.60 bits per heavy atom. The lowest BCUT2D eigenvalue weighted by Gasteiger charge is -2.10. The molecule has 130 valence electrons. The topological polar surface area (TPSA) is 79.4 Å². The number of carbonyl (C=O) groups is 1. The molecule has 3 aromatic rings. The van der Waals surface area contributed by atoms with Gasteiger partial charge in [-0.15, -0.1) is 0 Å². The highest BCUT2D eigenvalue weighted by Crippen LogP contribution is 2.29. The highest BCUT2D eigenvalue weighted by molar-refractivity contribution is 9.10. The maximum atomic E-state index is 12.4. The molecule has 1 aromatic heterocycles. The Morgan fingerprint density at radius 1 is 1.20 bits per heavy atom. The first-order valence-corrected chi connectivity index (χ1v) is 10.2. The van der Waals surface area contributed by atoms with Crippen LogP contribution in [0.25, 0.3) is 10.2 Å². The van der Waals surface area contributed by atoms with E-state index < -0.39 is 10.0 Å². The summed E-state index contributed by atoms with van der Waals surface area (Å²) in [5.74, 6) is -0.285. The van der Waals surface area contributed by atoms with Gasteiger partial charge in [0.15, 0.2) is 5.13 Å². The number of rotatable bonds is 4. The van der Waals surface area contributed by atoms with Crippen molar-refractivity contribution in [3.63, 3.8) is 0 Å². The lowest BCUT2D eigenvalue weighted by molar-refractivity contribution is 0.102. The number of anilines is 1. The van der Waals surface area contributed by atoms with Crippen molar-refractivity contribution in [1.82, 2.24) is 9.29 Å². The van der Waals surface area contributed by atoms with Gasteiger partial charge in [-0.25, -0.2) is 17.7 Å². The lowest BCUT2D eigenvalue weighted by atomic mass is 10.2. The minimum Gasteiger partial charge on any atom is -0.298 e. The average Bonchev–Trinajstić information content (AvgIpc) is 2.96. The molecule has 0 aliphatic carbocycles. The van der Waals surface area contributed by atoms with Crippen molar-refractivity contribution in [1.29, 1.82) is 0 Å². The molecule has 25 heavy (non-hydrogen) atoms. The SMILES string of the molecule is CN(C)S(=O)(=O)c1ccc2nc(NC(=O)c3ccccc3Br)sc2c1. The van der Waals surface area contributed by atoms with E-state index in [1.807, 2.05) is 6.07 Å². The van der Waals surface area contributed by atoms with Crippen molar-refractivity contribution in [2.75, 3.05) is 19.4 Å². The van der Waals surface area contributed by atoms with E-state index in [9.17, 15) is 13.2 Å². The van der Waals surface area contributed by atoms with Gasteiger partial charge in [0.1, 0.15) is 0 Å². The van der Waals surface area contributed by atoms with Crippen molar-refractivity contribution in [2.24, 2.45) is 0 Å². The molecule has 0 atom stereocenters. The summed E-state index contributed by atoms with van der Waals surface area (Å²) >= 11 is 4.57. The van der Waals surface area contributed by atoms with Crippen molar-refractivity contribution in [3.8, 4) is 0 Å². The van der Waals surface area contributed by atoms with Crippen LogP contribution in [-0.2, 0) is 10.0 Å². The van der Waals surface area contributed by atoms with Gasteiger partial charge >= 0.3 is 0 Å². The fraction of sp³-hybridized carbons (Fsp3) is 0.125. The minimum absolute atomic E-state index is 0.192. The van der Waals surface area contributed by atoms with Crippen molar-refractivity contribution >= 4 is 58.5 Å². The second kappa shape index (κ2) is 6.83. The molecule has 0 aliphatic heterocycles. The molecule has 0 saturated carbocycles. The summed E-state index contributed by atoms with van der Waals surface area (Å²) in [5, 5.41) is 3.16. The molecule has 0 spiro atoms. The Balaban J connectivity index is 1.92. The van der Waals surface area contributed by atoms with Crippen LogP contribution >= 0.6 is 27.3 Å². The summed E-state index contributed by atoms with van der Waals surface area (Å²) in [4.78, 5) is 16.9. The highest BCUT2D eigenvalue weighted by Gasteiger charge is 2.19. The van der Waals surface area contributed by atoms with E-state index in [2.05, 4.69) is 26.2 Å². The van der Waals surface area contributed by atoms with Gasteiger partial charge in [0, 0.05) is 18.6 Å². The molecule has 0 unspecified atom stereocenters. The van der Waals surface area contributed by atoms with Gasteiger partial charge in [0.25, 0.3) is 5.91 Å². The Labute approximate surface area is 157 Å². The van der Waals surface area contributed by atoms with Gasteiger partial charge in [-0.05, 0) is 46.3 Å². The van der Waals surface area contributed by atoms with Gasteiger partial charge in [-0.2, -0.15) is 0 Å². The zero-order valence-electron chi connectivity index (χ0n) is 13.4. The van der Waals surface area contributed by atoms with E-state index in [1.165, 1.54) is 31.5 Å². The Hall–Kier alpha value is -1.81. The molecule has 1 N–H and O–H groups in total. The Bertz CT molecular complexity index is 1060. The number of nitrogens with one attached hydrogen (secondary N) is 1. The highest BCUT2D eigenvalue weighted by atomic mass is 79.9. The number of hydrogen-bond acceptors (Lipinski definition) is 5. The largest absolute Gasteiger partial charge is 0.298 e. The van der Waals surface area contributed by atoms with Gasteiger partial charge in [0.2, 0.25) is 10.0 Å². The molecule has 0 bridgehead atoms. The van der Waals surface area contributed by atoms with E-state index in [0.29, 0.717) is 25.4 Å². The monoisotopic (exact) mass is 439 g/mol. The third-order valence-corrected chi connectivity index (χ3v) is 6.91. The number of thiazole rings is 1. The lowest BCUT2D eigenvalue weighted by Crippen LogP contribution is -2.22. The van der Waals surface area contributed by atoms with Gasteiger partial charge < -0.3 is 0 Å². The van der Waals surface area contributed by atoms with Gasteiger partial charge in [0.05, 0.1) is 20.7 Å². The summed E-state index contributed by atoms with van der Waals surface area (Å²) in [6.07, 6.45) is 0. The first kappa shape index (κ1) is 18.0. The van der Waals surface area contributed by atoms with E-state index in [1.54, 1.807) is 30.3 Å². The van der Waals surface area contributed by atoms with Crippen molar-refractivity contribution in [2.45, 2.75) is 4.90 Å². The number of halogens is 1. The number of benzene rings is 2. The number of aromatic nitrogens is 1. The van der Waals surface area contributed by atoms with E-state index in [-0.39, 0.29) is 10.8 Å². The van der Waals surface area contributed by atoms with E-state index in [0.717, 1.165) is 4.31 Å². The maximum Gasteiger partial charge on any atom is 0.258 e. The quantitative estimate of drug-likeness (QED) is 0.673. The standard InChI is InChI=1S/C16H14BrN3O3S2/c1-20(2)25(22,23)10-7-8-13-14(9-10)24-16(18-13)19-15(21)11-5-3-4-6-12(11)17/h3-9H,1-2H3,(H,18,19,21). The number of amides is 1. The van der Waals surface area contributed by atoms with Crippen LogP contribution < -0.4 is 5.32 Å². The molecule has 6 nitrogen and oxygen atoms in total. The Kier molecular flexibility index (Phi) is 4.92. The number of sulfonamides is 1. The number of nitrogens with zero attached hydrogens (tertiary/aromatic N) is 2. The van der Waals surface area contributed by atoms with Crippen LogP contribution in [0.3, 0.4) is 0 Å². The minimum atomic E-state index is -3.51. The number of fused-ring (bicyclic) bond motifs is 1. The number of hydrogen-bond donors (Lipinski definition) is 1. The molecule has 1 amide bonds. The average molecular weight is 440 g/mol. The van der Waals surface area contributed by atoms with Crippen LogP contribution in [-0.4, -0.2) is 37.7 Å². The van der Waals surface area contributed by atoms with Gasteiger partial charge in [-0.3, -0.25) is 10.1 Å². The third-order valence-electron chi connectivity index (χ3n) is 3.48. The van der Waals surface area contributed by atoms with Crippen LogP contribution in [0.5, 0.6) is 0 Å². The Morgan fingerprint density at radius 2 is 1.92 bits per heavy atom. The zero-order valence-corrected chi connectivity index (χ0v) is 16.6. The third kappa shape index (κ3) is 3.59. The van der Waals surface area contributed by atoms with Crippen LogP contribution in [0.1, 0.15) is 10.4 Å². The first-order valence-electron chi connectivity index (χ1n) is 7.18. The maximum absolute atomic E-state index is 12.4. The molecule has 0 saturated heterocycles. The van der Waals surface area contributed by atoms with Crippen LogP contribution in [0.2, 0.25) is 0 Å². The fourth-order valence-corrected chi connectivity index (χ4v) is 4.51.